The first-order valence-corrected chi connectivity index (χ1v) is 8.27. The number of carbonyl (C=O) groups is 2. The number of amides is 2. The lowest BCUT2D eigenvalue weighted by atomic mass is 10.2. The lowest BCUT2D eigenvalue weighted by Gasteiger charge is -2.19. The average Bonchev–Trinajstić information content (AvgIpc) is 3.43. The molecule has 2 atom stereocenters. The fourth-order valence-electron chi connectivity index (χ4n) is 2.89. The van der Waals surface area contributed by atoms with E-state index in [9.17, 15) is 9.59 Å². The van der Waals surface area contributed by atoms with Crippen LogP contribution in [0.25, 0.3) is 0 Å². The van der Waals surface area contributed by atoms with Gasteiger partial charge in [0.15, 0.2) is 11.5 Å². The Morgan fingerprint density at radius 1 is 0.800 bits per heavy atom. The van der Waals surface area contributed by atoms with Crippen LogP contribution < -0.4 is 20.1 Å². The largest absolute Gasteiger partial charge is 0.486 e. The molecule has 0 radical (unpaired) electrons. The number of hydrogen-bond acceptors (Lipinski definition) is 4. The number of rotatable bonds is 4. The molecule has 2 amide bonds. The Bertz CT molecular complexity index is 806. The first kappa shape index (κ1) is 15.5. The molecule has 0 bridgehead atoms. The van der Waals surface area contributed by atoms with E-state index in [1.54, 1.807) is 18.2 Å². The zero-order valence-corrected chi connectivity index (χ0v) is 13.5. The molecule has 2 aromatic carbocycles. The molecule has 1 aliphatic heterocycles. The quantitative estimate of drug-likeness (QED) is 0.899. The van der Waals surface area contributed by atoms with Gasteiger partial charge in [-0.15, -0.1) is 0 Å². The van der Waals surface area contributed by atoms with Crippen LogP contribution in [0.5, 0.6) is 11.5 Å². The maximum atomic E-state index is 12.3. The first-order valence-electron chi connectivity index (χ1n) is 8.27. The summed E-state index contributed by atoms with van der Waals surface area (Å²) in [5.74, 6) is 0.460. The number of carbonyl (C=O) groups excluding carboxylic acids is 2. The van der Waals surface area contributed by atoms with Crippen LogP contribution in [0.4, 0.5) is 11.4 Å². The molecule has 1 saturated carbocycles. The van der Waals surface area contributed by atoms with E-state index in [4.69, 9.17) is 9.47 Å². The lowest BCUT2D eigenvalue weighted by Crippen LogP contribution is -2.21. The summed E-state index contributed by atoms with van der Waals surface area (Å²) in [5, 5.41) is 5.69. The van der Waals surface area contributed by atoms with Crippen molar-refractivity contribution in [2.75, 3.05) is 23.8 Å². The van der Waals surface area contributed by atoms with Gasteiger partial charge in [-0.2, -0.15) is 0 Å². The van der Waals surface area contributed by atoms with Crippen molar-refractivity contribution in [3.8, 4) is 11.5 Å². The smallest absolute Gasteiger partial charge is 0.228 e. The molecule has 4 rings (SSSR count). The van der Waals surface area contributed by atoms with E-state index in [1.165, 1.54) is 0 Å². The van der Waals surface area contributed by atoms with Gasteiger partial charge in [-0.3, -0.25) is 9.59 Å². The molecule has 1 aliphatic carbocycles. The first-order chi connectivity index (χ1) is 12.2. The van der Waals surface area contributed by atoms with Gasteiger partial charge in [0, 0.05) is 17.4 Å². The van der Waals surface area contributed by atoms with E-state index in [2.05, 4.69) is 10.6 Å². The zero-order valence-electron chi connectivity index (χ0n) is 13.5. The van der Waals surface area contributed by atoms with Crippen molar-refractivity contribution < 1.29 is 19.1 Å². The normalized spacial score (nSPS) is 20.5. The molecule has 0 aromatic heterocycles. The molecule has 1 fully saturated rings. The number of anilines is 2. The van der Waals surface area contributed by atoms with Crippen molar-refractivity contribution in [1.82, 2.24) is 0 Å². The van der Waals surface area contributed by atoms with Gasteiger partial charge in [-0.05, 0) is 30.7 Å². The highest BCUT2D eigenvalue weighted by atomic mass is 16.6. The fraction of sp³-hybridized carbons (Fsp3) is 0.263. The summed E-state index contributed by atoms with van der Waals surface area (Å²) >= 11 is 0. The third kappa shape index (κ3) is 3.42. The molecule has 2 N–H and O–H groups in total. The summed E-state index contributed by atoms with van der Waals surface area (Å²) < 4.78 is 11.0. The lowest BCUT2D eigenvalue weighted by molar-refractivity contribution is -0.122. The molecule has 0 saturated heterocycles. The predicted molar refractivity (Wildman–Crippen MR) is 92.7 cm³/mol. The summed E-state index contributed by atoms with van der Waals surface area (Å²) in [5.41, 5.74) is 1.38. The average molecular weight is 338 g/mol. The number of benzene rings is 2. The highest BCUT2D eigenvalue weighted by molar-refractivity contribution is 6.03. The summed E-state index contributed by atoms with van der Waals surface area (Å²) in [4.78, 5) is 24.6. The molecule has 2 unspecified atom stereocenters. The summed E-state index contributed by atoms with van der Waals surface area (Å²) in [7, 11) is 0. The van der Waals surface area contributed by atoms with Crippen molar-refractivity contribution in [3.05, 3.63) is 48.5 Å². The highest BCUT2D eigenvalue weighted by Gasteiger charge is 2.48. The molecule has 6 nitrogen and oxygen atoms in total. The molecule has 2 aromatic rings. The van der Waals surface area contributed by atoms with Gasteiger partial charge in [0.25, 0.3) is 0 Å². The topological polar surface area (TPSA) is 76.7 Å². The van der Waals surface area contributed by atoms with E-state index in [0.29, 0.717) is 36.8 Å². The van der Waals surface area contributed by atoms with E-state index in [1.807, 2.05) is 30.3 Å². The second kappa shape index (κ2) is 6.47. The summed E-state index contributed by atoms with van der Waals surface area (Å²) in [6, 6.07) is 14.5. The summed E-state index contributed by atoms with van der Waals surface area (Å²) in [6.45, 7) is 1.02. The van der Waals surface area contributed by atoms with Gasteiger partial charge in [0.2, 0.25) is 11.8 Å². The third-order valence-electron chi connectivity index (χ3n) is 4.32. The Labute approximate surface area is 145 Å². The van der Waals surface area contributed by atoms with Crippen LogP contribution in [0, 0.1) is 11.8 Å². The van der Waals surface area contributed by atoms with Crippen molar-refractivity contribution in [1.29, 1.82) is 0 Å². The molecule has 0 spiro atoms. The number of nitrogens with one attached hydrogen (secondary N) is 2. The second-order valence-electron chi connectivity index (χ2n) is 6.15. The fourth-order valence-corrected chi connectivity index (χ4v) is 2.89. The third-order valence-corrected chi connectivity index (χ3v) is 4.32. The van der Waals surface area contributed by atoms with E-state index in [0.717, 1.165) is 5.69 Å². The molecule has 6 heteroatoms. The minimum Gasteiger partial charge on any atom is -0.486 e. The van der Waals surface area contributed by atoms with Crippen LogP contribution in [0.15, 0.2) is 48.5 Å². The minimum absolute atomic E-state index is 0.117. The monoisotopic (exact) mass is 338 g/mol. The Hall–Kier alpha value is -3.02. The molecule has 2 aliphatic rings. The second-order valence-corrected chi connectivity index (χ2v) is 6.15. The van der Waals surface area contributed by atoms with Gasteiger partial charge in [0.05, 0.1) is 11.8 Å². The molecular formula is C19H18N2O4. The maximum Gasteiger partial charge on any atom is 0.228 e. The van der Waals surface area contributed by atoms with Crippen LogP contribution in [0.2, 0.25) is 0 Å². The molecular weight excluding hydrogens is 320 g/mol. The van der Waals surface area contributed by atoms with E-state index < -0.39 is 0 Å². The van der Waals surface area contributed by atoms with Gasteiger partial charge in [0.1, 0.15) is 13.2 Å². The standard InChI is InChI=1S/C19H18N2O4/c22-18(20-12-4-2-1-3-5-12)14-11-15(14)19(23)21-13-6-7-16-17(10-13)25-9-8-24-16/h1-7,10,14-15H,8-9,11H2,(H,20,22)(H,21,23). The molecule has 128 valence electrons. The van der Waals surface area contributed by atoms with Gasteiger partial charge < -0.3 is 20.1 Å². The van der Waals surface area contributed by atoms with Crippen molar-refractivity contribution >= 4 is 23.2 Å². The van der Waals surface area contributed by atoms with E-state index in [-0.39, 0.29) is 23.7 Å². The van der Waals surface area contributed by atoms with Gasteiger partial charge in [-0.1, -0.05) is 18.2 Å². The Balaban J connectivity index is 1.34. The molecule has 25 heavy (non-hydrogen) atoms. The van der Waals surface area contributed by atoms with Crippen molar-refractivity contribution in [2.24, 2.45) is 11.8 Å². The van der Waals surface area contributed by atoms with Crippen LogP contribution in [0.3, 0.4) is 0 Å². The number of hydrogen-bond donors (Lipinski definition) is 2. The van der Waals surface area contributed by atoms with E-state index >= 15 is 0 Å². The Kier molecular flexibility index (Phi) is 4.01. The van der Waals surface area contributed by atoms with Crippen LogP contribution in [0.1, 0.15) is 6.42 Å². The maximum absolute atomic E-state index is 12.3. The van der Waals surface area contributed by atoms with Crippen molar-refractivity contribution in [3.63, 3.8) is 0 Å². The number of para-hydroxylation sites is 1. The van der Waals surface area contributed by atoms with Gasteiger partial charge in [-0.25, -0.2) is 0 Å². The summed E-state index contributed by atoms with van der Waals surface area (Å²) in [6.07, 6.45) is 0.565. The Morgan fingerprint density at radius 2 is 1.44 bits per heavy atom. The van der Waals surface area contributed by atoms with Crippen LogP contribution in [-0.2, 0) is 9.59 Å². The zero-order chi connectivity index (χ0) is 17.2. The van der Waals surface area contributed by atoms with Crippen molar-refractivity contribution in [2.45, 2.75) is 6.42 Å². The highest BCUT2D eigenvalue weighted by Crippen LogP contribution is 2.41. The van der Waals surface area contributed by atoms with Gasteiger partial charge >= 0.3 is 0 Å². The molecule has 1 heterocycles. The van der Waals surface area contributed by atoms with Crippen LogP contribution >= 0.6 is 0 Å². The minimum atomic E-state index is -0.295. The van der Waals surface area contributed by atoms with Crippen LogP contribution in [-0.4, -0.2) is 25.0 Å². The number of fused-ring (bicyclic) bond motifs is 1. The Morgan fingerprint density at radius 3 is 2.16 bits per heavy atom. The number of ether oxygens (including phenoxy) is 2. The SMILES string of the molecule is O=C(Nc1ccccc1)C1CC1C(=O)Nc1ccc2c(c1)OCCO2. The predicted octanol–water partition coefficient (Wildman–Crippen LogP) is 2.67.